The molecule has 0 unspecified atom stereocenters. The van der Waals surface area contributed by atoms with Crippen molar-refractivity contribution in [3.05, 3.63) is 30.1 Å². The molecule has 6 heteroatoms. The van der Waals surface area contributed by atoms with E-state index in [0.29, 0.717) is 17.3 Å². The van der Waals surface area contributed by atoms with Gasteiger partial charge >= 0.3 is 6.09 Å². The van der Waals surface area contributed by atoms with Crippen molar-refractivity contribution >= 4 is 12.0 Å². The molecule has 0 bridgehead atoms. The highest BCUT2D eigenvalue weighted by atomic mass is 16.6. The number of ether oxygens (including phenoxy) is 1. The van der Waals surface area contributed by atoms with E-state index in [4.69, 9.17) is 4.74 Å². The summed E-state index contributed by atoms with van der Waals surface area (Å²) >= 11 is 0. The molecule has 2 atom stereocenters. The Morgan fingerprint density at radius 2 is 2.00 bits per heavy atom. The Morgan fingerprint density at radius 1 is 1.28 bits per heavy atom. The van der Waals surface area contributed by atoms with E-state index < -0.39 is 5.60 Å². The van der Waals surface area contributed by atoms with Gasteiger partial charge < -0.3 is 15.0 Å². The lowest BCUT2D eigenvalue weighted by atomic mass is 9.57. The number of aromatic nitrogens is 1. The molecule has 0 radical (unpaired) electrons. The maximum Gasteiger partial charge on any atom is 0.410 e. The molecule has 4 rings (SSSR count). The van der Waals surface area contributed by atoms with E-state index >= 15 is 0 Å². The Labute approximate surface area is 173 Å². The first-order chi connectivity index (χ1) is 13.7. The molecule has 1 aromatic rings. The molecular weight excluding hydrogens is 366 g/mol. The smallest absolute Gasteiger partial charge is 0.410 e. The molecule has 2 aliphatic carbocycles. The number of carbonyl (C=O) groups excluding carboxylic acids is 2. The van der Waals surface area contributed by atoms with Crippen LogP contribution in [0.25, 0.3) is 0 Å². The number of rotatable bonds is 4. The van der Waals surface area contributed by atoms with Gasteiger partial charge in [-0.15, -0.1) is 0 Å². The van der Waals surface area contributed by atoms with Gasteiger partial charge in [0.15, 0.2) is 0 Å². The highest BCUT2D eigenvalue weighted by molar-refractivity contribution is 5.82. The number of hydrogen-bond acceptors (Lipinski definition) is 4. The van der Waals surface area contributed by atoms with Crippen molar-refractivity contribution in [2.24, 2.45) is 17.3 Å². The Hall–Kier alpha value is -2.11. The maximum absolute atomic E-state index is 12.4. The van der Waals surface area contributed by atoms with E-state index in [9.17, 15) is 9.59 Å². The van der Waals surface area contributed by atoms with Crippen LogP contribution < -0.4 is 5.32 Å². The van der Waals surface area contributed by atoms with Crippen LogP contribution in [0, 0.1) is 17.3 Å². The summed E-state index contributed by atoms with van der Waals surface area (Å²) in [5.41, 5.74) is 1.10. The van der Waals surface area contributed by atoms with E-state index in [-0.39, 0.29) is 17.9 Å². The summed E-state index contributed by atoms with van der Waals surface area (Å²) in [4.78, 5) is 30.7. The molecular formula is C23H33N3O3. The summed E-state index contributed by atoms with van der Waals surface area (Å²) in [7, 11) is 0. The summed E-state index contributed by atoms with van der Waals surface area (Å²) in [5, 5.41) is 3.18. The lowest BCUT2D eigenvalue weighted by molar-refractivity contribution is -0.123. The van der Waals surface area contributed by atoms with Crippen LogP contribution in [0.2, 0.25) is 0 Å². The lowest BCUT2D eigenvalue weighted by Gasteiger charge is -2.52. The molecule has 0 aromatic carbocycles. The number of nitrogens with one attached hydrogen (secondary N) is 1. The minimum absolute atomic E-state index is 0.116. The number of pyridine rings is 1. The summed E-state index contributed by atoms with van der Waals surface area (Å²) < 4.78 is 5.49. The number of nitrogens with zero attached hydrogens (tertiary/aromatic N) is 2. The van der Waals surface area contributed by atoms with E-state index in [1.807, 2.05) is 37.9 Å². The molecule has 1 spiro atoms. The Kier molecular flexibility index (Phi) is 5.30. The number of amides is 2. The van der Waals surface area contributed by atoms with Crippen molar-refractivity contribution in [3.8, 4) is 0 Å². The molecule has 2 saturated carbocycles. The highest BCUT2D eigenvalue weighted by Gasteiger charge is 2.48. The van der Waals surface area contributed by atoms with Gasteiger partial charge in [-0.25, -0.2) is 4.79 Å². The van der Waals surface area contributed by atoms with Gasteiger partial charge in [-0.2, -0.15) is 0 Å². The Bertz CT molecular complexity index is 742. The van der Waals surface area contributed by atoms with Crippen LogP contribution in [0.3, 0.4) is 0 Å². The van der Waals surface area contributed by atoms with Crippen molar-refractivity contribution in [2.45, 2.75) is 64.4 Å². The standard InChI is InChI=1S/C23H33N3O3/c1-22(2,3)29-21(28)26-9-6-23(7-10-26)12-16(13-23)14-25-20(27)19-11-18(19)17-5-4-8-24-15-17/h4-5,8,15-16,18-19H,6-7,9-14H2,1-3H3,(H,25,27)/t18-,19+/m1/s1. The van der Waals surface area contributed by atoms with Gasteiger partial charge in [-0.05, 0) is 81.8 Å². The predicted molar refractivity (Wildman–Crippen MR) is 110 cm³/mol. The number of piperidine rings is 1. The molecule has 1 N–H and O–H groups in total. The van der Waals surface area contributed by atoms with E-state index in [0.717, 1.165) is 51.7 Å². The fourth-order valence-electron chi connectivity index (χ4n) is 5.03. The maximum atomic E-state index is 12.4. The van der Waals surface area contributed by atoms with Gasteiger partial charge in [0.1, 0.15) is 5.60 Å². The average molecular weight is 400 g/mol. The third-order valence-corrected chi connectivity index (χ3v) is 6.72. The molecule has 1 saturated heterocycles. The normalized spacial score (nSPS) is 26.0. The summed E-state index contributed by atoms with van der Waals surface area (Å²) in [6.45, 7) is 8.06. The number of likely N-dealkylation sites (tertiary alicyclic amines) is 1. The average Bonchev–Trinajstić information content (AvgIpc) is 3.45. The SMILES string of the molecule is CC(C)(C)OC(=O)N1CCC2(CC1)CC(CNC(=O)[C@H]1C[C@@H]1c1cccnc1)C2. The summed E-state index contributed by atoms with van der Waals surface area (Å²) in [5.74, 6) is 1.22. The molecule has 3 aliphatic rings. The minimum Gasteiger partial charge on any atom is -0.444 e. The van der Waals surface area contributed by atoms with E-state index in [1.165, 1.54) is 5.56 Å². The zero-order chi connectivity index (χ0) is 20.6. The lowest BCUT2D eigenvalue weighted by Crippen LogP contribution is -2.51. The fraction of sp³-hybridized carbons (Fsp3) is 0.696. The Balaban J connectivity index is 1.15. The van der Waals surface area contributed by atoms with Crippen molar-refractivity contribution in [1.29, 1.82) is 0 Å². The third kappa shape index (κ3) is 4.73. The molecule has 29 heavy (non-hydrogen) atoms. The van der Waals surface area contributed by atoms with E-state index in [2.05, 4.69) is 16.4 Å². The van der Waals surface area contributed by atoms with Crippen LogP contribution in [-0.4, -0.2) is 47.1 Å². The van der Waals surface area contributed by atoms with Crippen LogP contribution >= 0.6 is 0 Å². The molecule has 3 fully saturated rings. The molecule has 1 aromatic heterocycles. The van der Waals surface area contributed by atoms with Gasteiger partial charge in [0.2, 0.25) is 5.91 Å². The largest absolute Gasteiger partial charge is 0.444 e. The van der Waals surface area contributed by atoms with Crippen molar-refractivity contribution < 1.29 is 14.3 Å². The molecule has 2 heterocycles. The van der Waals surface area contributed by atoms with Crippen LogP contribution in [0.5, 0.6) is 0 Å². The third-order valence-electron chi connectivity index (χ3n) is 6.72. The second-order valence-corrected chi connectivity index (χ2v) is 10.2. The highest BCUT2D eigenvalue weighted by Crippen LogP contribution is 2.52. The van der Waals surface area contributed by atoms with E-state index in [1.54, 1.807) is 6.20 Å². The number of hydrogen-bond donors (Lipinski definition) is 1. The molecule has 1 aliphatic heterocycles. The fourth-order valence-corrected chi connectivity index (χ4v) is 5.03. The van der Waals surface area contributed by atoms with Gasteiger partial charge in [0, 0.05) is 37.9 Å². The van der Waals surface area contributed by atoms with Crippen LogP contribution in [-0.2, 0) is 9.53 Å². The van der Waals surface area contributed by atoms with Crippen molar-refractivity contribution in [1.82, 2.24) is 15.2 Å². The quantitative estimate of drug-likeness (QED) is 0.837. The van der Waals surface area contributed by atoms with Gasteiger partial charge in [0.05, 0.1) is 0 Å². The number of carbonyl (C=O) groups is 2. The van der Waals surface area contributed by atoms with Crippen LogP contribution in [0.4, 0.5) is 4.79 Å². The van der Waals surface area contributed by atoms with Crippen molar-refractivity contribution in [2.75, 3.05) is 19.6 Å². The monoisotopic (exact) mass is 399 g/mol. The Morgan fingerprint density at radius 3 is 2.62 bits per heavy atom. The first-order valence-corrected chi connectivity index (χ1v) is 10.9. The predicted octanol–water partition coefficient (Wildman–Crippen LogP) is 3.73. The first kappa shape index (κ1) is 20.2. The van der Waals surface area contributed by atoms with Crippen molar-refractivity contribution in [3.63, 3.8) is 0 Å². The molecule has 2 amide bonds. The zero-order valence-corrected chi connectivity index (χ0v) is 17.8. The van der Waals surface area contributed by atoms with Gasteiger partial charge in [-0.3, -0.25) is 9.78 Å². The molecule has 158 valence electrons. The van der Waals surface area contributed by atoms with Gasteiger partial charge in [0.25, 0.3) is 0 Å². The van der Waals surface area contributed by atoms with Crippen LogP contribution in [0.15, 0.2) is 24.5 Å². The molecule has 6 nitrogen and oxygen atoms in total. The topological polar surface area (TPSA) is 71.5 Å². The summed E-state index contributed by atoms with van der Waals surface area (Å²) in [6.07, 6.45) is 8.79. The minimum atomic E-state index is -0.441. The summed E-state index contributed by atoms with van der Waals surface area (Å²) in [6, 6.07) is 3.99. The first-order valence-electron chi connectivity index (χ1n) is 10.9. The zero-order valence-electron chi connectivity index (χ0n) is 17.8. The second kappa shape index (κ2) is 7.62. The van der Waals surface area contributed by atoms with Gasteiger partial charge in [-0.1, -0.05) is 6.07 Å². The second-order valence-electron chi connectivity index (χ2n) is 10.2. The van der Waals surface area contributed by atoms with Crippen LogP contribution in [0.1, 0.15) is 64.4 Å².